The van der Waals surface area contributed by atoms with Gasteiger partial charge < -0.3 is 24.7 Å². The summed E-state index contributed by atoms with van der Waals surface area (Å²) in [6, 6.07) is 10.9. The zero-order chi connectivity index (χ0) is 26.4. The van der Waals surface area contributed by atoms with E-state index in [4.69, 9.17) is 16.3 Å². The van der Waals surface area contributed by atoms with E-state index < -0.39 is 18.0 Å². The van der Waals surface area contributed by atoms with E-state index in [-0.39, 0.29) is 11.5 Å². The van der Waals surface area contributed by atoms with Gasteiger partial charge >= 0.3 is 5.97 Å². The first-order chi connectivity index (χ1) is 17.8. The number of ether oxygens (including phenoxy) is 1. The van der Waals surface area contributed by atoms with E-state index in [9.17, 15) is 19.8 Å². The minimum atomic E-state index is -2.33. The number of hydrogen-bond acceptors (Lipinski definition) is 5. The van der Waals surface area contributed by atoms with E-state index in [0.29, 0.717) is 23.9 Å². The Balaban J connectivity index is 1.75. The van der Waals surface area contributed by atoms with Gasteiger partial charge in [-0.2, -0.15) is 0 Å². The number of carboxylic acid groups (broad SMARTS) is 1. The first kappa shape index (κ1) is 27.3. The number of nitrogens with zero attached hydrogens (tertiary/aromatic N) is 2. The molecule has 4 rings (SSSR count). The minimum absolute atomic E-state index is 0.186. The molecular weight excluding hydrogens is 492 g/mol. The second-order valence-electron chi connectivity index (χ2n) is 10.3. The van der Waals surface area contributed by atoms with Gasteiger partial charge in [0.25, 0.3) is 0 Å². The van der Waals surface area contributed by atoms with Crippen LogP contribution in [0.4, 0.5) is 5.69 Å². The van der Waals surface area contributed by atoms with E-state index in [1.54, 1.807) is 25.2 Å². The molecule has 0 saturated carbocycles. The molecule has 0 radical (unpaired) electrons. The molecule has 1 atom stereocenters. The molecule has 8 heteroatoms. The molecule has 0 unspecified atom stereocenters. The van der Waals surface area contributed by atoms with Crippen LogP contribution in [0.3, 0.4) is 0 Å². The van der Waals surface area contributed by atoms with Gasteiger partial charge in [0.05, 0.1) is 12.1 Å². The lowest BCUT2D eigenvalue weighted by molar-refractivity contribution is -0.164. The Hall–Kier alpha value is -2.77. The Labute approximate surface area is 224 Å². The van der Waals surface area contributed by atoms with Crippen molar-refractivity contribution in [3.63, 3.8) is 0 Å². The number of anilines is 1. The summed E-state index contributed by atoms with van der Waals surface area (Å²) in [7, 11) is 1.67. The molecule has 1 amide bonds. The maximum absolute atomic E-state index is 12.9. The van der Waals surface area contributed by atoms with Crippen molar-refractivity contribution in [2.24, 2.45) is 0 Å². The first-order valence-corrected chi connectivity index (χ1v) is 13.6. The van der Waals surface area contributed by atoms with E-state index in [1.807, 2.05) is 18.2 Å². The van der Waals surface area contributed by atoms with Crippen molar-refractivity contribution in [3.05, 3.63) is 58.1 Å². The molecule has 200 valence electrons. The van der Waals surface area contributed by atoms with Crippen molar-refractivity contribution in [2.75, 3.05) is 31.6 Å². The van der Waals surface area contributed by atoms with E-state index in [1.165, 1.54) is 10.5 Å². The number of fused-ring (bicyclic) bond motifs is 2. The number of aryl methyl sites for hydroxylation is 1. The summed E-state index contributed by atoms with van der Waals surface area (Å²) in [6.07, 6.45) is 7.33. The molecule has 0 aromatic heterocycles. The van der Waals surface area contributed by atoms with Gasteiger partial charge in [0.2, 0.25) is 5.91 Å². The molecule has 2 aromatic rings. The SMILES string of the molecule is CN1CCCCCCCN2CCCCc3cc(Cl)ccc3COc3ccc(cc32)[C@@](O)(C(=O)O)CC1=O. The Kier molecular flexibility index (Phi) is 8.98. The molecule has 0 spiro atoms. The Bertz CT molecular complexity index is 1120. The van der Waals surface area contributed by atoms with Gasteiger partial charge in [-0.15, -0.1) is 0 Å². The quantitative estimate of drug-likeness (QED) is 0.532. The molecule has 2 aromatic carbocycles. The number of carboxylic acids is 1. The van der Waals surface area contributed by atoms with Gasteiger partial charge in [0.1, 0.15) is 12.4 Å². The Morgan fingerprint density at radius 2 is 1.65 bits per heavy atom. The molecule has 7 nitrogen and oxygen atoms in total. The van der Waals surface area contributed by atoms with Gasteiger partial charge in [-0.3, -0.25) is 4.79 Å². The third-order valence-electron chi connectivity index (χ3n) is 7.56. The topological polar surface area (TPSA) is 90.3 Å². The number of rotatable bonds is 1. The molecule has 0 saturated heterocycles. The summed E-state index contributed by atoms with van der Waals surface area (Å²) in [4.78, 5) is 29.0. The smallest absolute Gasteiger partial charge is 0.340 e. The molecule has 2 bridgehead atoms. The highest BCUT2D eigenvalue weighted by atomic mass is 35.5. The number of hydrogen-bond donors (Lipinski definition) is 2. The standard InChI is InChI=1S/C29H37ClN2O5/c1-31-14-6-3-2-4-7-15-32-16-8-5-9-21-17-24(30)12-10-22(21)20-37-26-13-11-23(18-25(26)32)29(36,28(34)35)19-27(31)33/h10-13,17-18,36H,2-9,14-16,19-20H2,1H3,(H,34,35)/t29-/m1/s1. The van der Waals surface area contributed by atoms with Crippen LogP contribution >= 0.6 is 11.6 Å². The monoisotopic (exact) mass is 528 g/mol. The van der Waals surface area contributed by atoms with Gasteiger partial charge in [0.15, 0.2) is 5.60 Å². The number of carbonyl (C=O) groups is 2. The van der Waals surface area contributed by atoms with Crippen LogP contribution in [0.1, 0.15) is 68.1 Å². The summed E-state index contributed by atoms with van der Waals surface area (Å²) < 4.78 is 6.31. The van der Waals surface area contributed by atoms with Crippen molar-refractivity contribution in [2.45, 2.75) is 70.0 Å². The highest BCUT2D eigenvalue weighted by Crippen LogP contribution is 2.37. The highest BCUT2D eigenvalue weighted by molar-refractivity contribution is 6.30. The maximum atomic E-state index is 12.9. The fourth-order valence-electron chi connectivity index (χ4n) is 5.20. The molecule has 2 N–H and O–H groups in total. The minimum Gasteiger partial charge on any atom is -0.487 e. The number of benzene rings is 2. The second kappa shape index (κ2) is 12.2. The zero-order valence-electron chi connectivity index (χ0n) is 21.5. The summed E-state index contributed by atoms with van der Waals surface area (Å²) in [5.41, 5.74) is 0.858. The molecular formula is C29H37ClN2O5. The van der Waals surface area contributed by atoms with Crippen molar-refractivity contribution < 1.29 is 24.5 Å². The van der Waals surface area contributed by atoms with Crippen molar-refractivity contribution >= 4 is 29.2 Å². The summed E-state index contributed by atoms with van der Waals surface area (Å²) in [5.74, 6) is -1.19. The number of aliphatic hydroxyl groups is 1. The summed E-state index contributed by atoms with van der Waals surface area (Å²) in [6.45, 7) is 2.50. The van der Waals surface area contributed by atoms with Crippen molar-refractivity contribution in [1.82, 2.24) is 4.90 Å². The van der Waals surface area contributed by atoms with Crippen LogP contribution < -0.4 is 9.64 Å². The van der Waals surface area contributed by atoms with Crippen LogP contribution in [0, 0.1) is 0 Å². The fraction of sp³-hybridized carbons (Fsp3) is 0.517. The van der Waals surface area contributed by atoms with Gasteiger partial charge in [0, 0.05) is 31.7 Å². The second-order valence-corrected chi connectivity index (χ2v) is 10.7. The molecule has 0 aliphatic carbocycles. The van der Waals surface area contributed by atoms with E-state index >= 15 is 0 Å². The van der Waals surface area contributed by atoms with E-state index in [0.717, 1.165) is 75.7 Å². The Morgan fingerprint density at radius 3 is 2.41 bits per heavy atom. The van der Waals surface area contributed by atoms with Crippen LogP contribution in [0.2, 0.25) is 5.02 Å². The number of carbonyl (C=O) groups excluding carboxylic acids is 1. The number of halogens is 1. The van der Waals surface area contributed by atoms with Crippen LogP contribution in [0.5, 0.6) is 5.75 Å². The molecule has 2 aliphatic heterocycles. The molecule has 0 fully saturated rings. The lowest BCUT2D eigenvalue weighted by Crippen LogP contribution is -2.42. The van der Waals surface area contributed by atoms with Crippen LogP contribution in [-0.2, 0) is 28.2 Å². The maximum Gasteiger partial charge on any atom is 0.340 e. The van der Waals surface area contributed by atoms with Crippen molar-refractivity contribution in [1.29, 1.82) is 0 Å². The number of aliphatic carboxylic acids is 1. The first-order valence-electron chi connectivity index (χ1n) is 13.3. The average molecular weight is 529 g/mol. The zero-order valence-corrected chi connectivity index (χ0v) is 22.3. The molecule has 2 heterocycles. The summed E-state index contributed by atoms with van der Waals surface area (Å²) >= 11 is 6.26. The summed E-state index contributed by atoms with van der Waals surface area (Å²) in [5, 5.41) is 22.1. The highest BCUT2D eigenvalue weighted by Gasteiger charge is 2.42. The third kappa shape index (κ3) is 6.57. The lowest BCUT2D eigenvalue weighted by atomic mass is 9.89. The largest absolute Gasteiger partial charge is 0.487 e. The van der Waals surface area contributed by atoms with E-state index in [2.05, 4.69) is 4.90 Å². The molecule has 37 heavy (non-hydrogen) atoms. The predicted molar refractivity (Wildman–Crippen MR) is 144 cm³/mol. The predicted octanol–water partition coefficient (Wildman–Crippen LogP) is 5.15. The van der Waals surface area contributed by atoms with Crippen LogP contribution in [0.25, 0.3) is 0 Å². The molecule has 2 aliphatic rings. The van der Waals surface area contributed by atoms with Crippen LogP contribution in [0.15, 0.2) is 36.4 Å². The van der Waals surface area contributed by atoms with Gasteiger partial charge in [-0.25, -0.2) is 4.79 Å². The number of amides is 1. The Morgan fingerprint density at radius 1 is 0.946 bits per heavy atom. The third-order valence-corrected chi connectivity index (χ3v) is 7.80. The normalized spacial score (nSPS) is 22.1. The lowest BCUT2D eigenvalue weighted by Gasteiger charge is -2.30. The van der Waals surface area contributed by atoms with Gasteiger partial charge in [-0.05, 0) is 73.1 Å². The average Bonchev–Trinajstić information content (AvgIpc) is 2.90. The van der Waals surface area contributed by atoms with Crippen molar-refractivity contribution in [3.8, 4) is 5.75 Å². The van der Waals surface area contributed by atoms with Crippen LogP contribution in [-0.4, -0.2) is 53.7 Å². The fourth-order valence-corrected chi connectivity index (χ4v) is 5.39. The van der Waals surface area contributed by atoms with Gasteiger partial charge in [-0.1, -0.05) is 43.0 Å².